The first-order valence-electron chi connectivity index (χ1n) is 19.3. The quantitative estimate of drug-likeness (QED) is 0.102. The van der Waals surface area contributed by atoms with Crippen LogP contribution >= 0.6 is 0 Å². The lowest BCUT2D eigenvalue weighted by molar-refractivity contribution is -0.284. The number of fused-ring (bicyclic) bond motifs is 7. The fourth-order valence-corrected chi connectivity index (χ4v) is 11.4. The molecule has 286 valence electrons. The first-order chi connectivity index (χ1) is 24.3. The van der Waals surface area contributed by atoms with Gasteiger partial charge in [0, 0.05) is 18.3 Å². The number of rotatable bonds is 15. The van der Waals surface area contributed by atoms with Crippen molar-refractivity contribution in [2.45, 2.75) is 146 Å². The Bertz CT molecular complexity index is 1360. The zero-order valence-electron chi connectivity index (χ0n) is 29.8. The molecule has 0 radical (unpaired) electrons. The second-order valence-corrected chi connectivity index (χ2v) is 17.8. The van der Waals surface area contributed by atoms with Crippen molar-refractivity contribution in [3.05, 3.63) is 29.3 Å². The minimum Gasteiger partial charge on any atom is -0.616 e. The molecule has 0 N–H and O–H groups in total. The van der Waals surface area contributed by atoms with Gasteiger partial charge in [0.2, 0.25) is 0 Å². The highest BCUT2D eigenvalue weighted by Crippen LogP contribution is 2.61. The Hall–Kier alpha value is -1.92. The molecule has 1 amide bonds. The summed E-state index contributed by atoms with van der Waals surface area (Å²) in [6, 6.07) is 6.42. The van der Waals surface area contributed by atoms with Gasteiger partial charge in [-0.15, -0.1) is 0 Å². The van der Waals surface area contributed by atoms with Crippen molar-refractivity contribution < 1.29 is 45.6 Å². The van der Waals surface area contributed by atoms with Gasteiger partial charge in [0.15, 0.2) is 0 Å². The molecular formula is C39H54F5NO5S. The van der Waals surface area contributed by atoms with E-state index in [2.05, 4.69) is 19.1 Å². The van der Waals surface area contributed by atoms with Crippen molar-refractivity contribution in [3.63, 3.8) is 0 Å². The Kier molecular flexibility index (Phi) is 12.3. The van der Waals surface area contributed by atoms with Crippen LogP contribution in [0.15, 0.2) is 18.2 Å². The number of alkyl halides is 5. The van der Waals surface area contributed by atoms with Gasteiger partial charge >= 0.3 is 18.2 Å². The molecule has 2 heterocycles. The lowest BCUT2D eigenvalue weighted by Gasteiger charge is -2.51. The third kappa shape index (κ3) is 8.58. The molecule has 12 heteroatoms. The van der Waals surface area contributed by atoms with E-state index in [9.17, 15) is 36.1 Å². The number of Topliss-reactive ketones (excluding diaryl/α,β-unsaturated/α-hetero) is 1. The Morgan fingerprint density at radius 1 is 0.961 bits per heavy atom. The number of halogens is 5. The van der Waals surface area contributed by atoms with Crippen LogP contribution in [0.25, 0.3) is 0 Å². The average Bonchev–Trinajstić information content (AvgIpc) is 3.52. The number of morpholine rings is 1. The predicted octanol–water partition coefficient (Wildman–Crippen LogP) is 9.55. The number of benzene rings is 1. The molecule has 4 fully saturated rings. The molecule has 0 spiro atoms. The molecule has 8 atom stereocenters. The molecule has 0 aromatic heterocycles. The lowest BCUT2D eigenvalue weighted by atomic mass is 9.52. The number of hydrogen-bond donors (Lipinski definition) is 0. The monoisotopic (exact) mass is 743 g/mol. The van der Waals surface area contributed by atoms with Crippen LogP contribution in [0.1, 0.15) is 127 Å². The molecule has 2 saturated heterocycles. The standard InChI is InChI=1S/C39H54F5NO5S/c1-37-19-17-32-31-14-13-30(50-36(47)45-28-11-12-29(45)25-49-24-28)23-27(31)22-26(35(32)33(37)15-16-34(37)46)10-7-5-3-2-4-6-8-20-51(48)21-9-18-38(40,41)39(42,43)44/h13-14,23,26,28-29,32-33,35H,2-12,15-22,24-25H2,1H3/t26-,28?,29?,32-,33+,35-,37+,51?/m1/s1. The molecule has 51 heavy (non-hydrogen) atoms. The summed E-state index contributed by atoms with van der Waals surface area (Å²) in [5.74, 6) is -1.73. The van der Waals surface area contributed by atoms with E-state index >= 15 is 0 Å². The summed E-state index contributed by atoms with van der Waals surface area (Å²) in [7, 11) is 0. The zero-order chi connectivity index (χ0) is 36.4. The Morgan fingerprint density at radius 2 is 1.63 bits per heavy atom. The Morgan fingerprint density at radius 3 is 2.33 bits per heavy atom. The minimum atomic E-state index is -5.56. The normalized spacial score (nSPS) is 30.9. The van der Waals surface area contributed by atoms with E-state index in [1.54, 1.807) is 0 Å². The van der Waals surface area contributed by atoms with E-state index in [4.69, 9.17) is 9.47 Å². The predicted molar refractivity (Wildman–Crippen MR) is 185 cm³/mol. The molecule has 6 rings (SSSR count). The summed E-state index contributed by atoms with van der Waals surface area (Å²) in [6.07, 6.45) is 6.78. The topological polar surface area (TPSA) is 78.9 Å². The highest BCUT2D eigenvalue weighted by molar-refractivity contribution is 7.91. The first-order valence-corrected chi connectivity index (χ1v) is 20.8. The minimum absolute atomic E-state index is 0.0906. The van der Waals surface area contributed by atoms with Crippen LogP contribution in [0.5, 0.6) is 5.75 Å². The summed E-state index contributed by atoms with van der Waals surface area (Å²) >= 11 is -1.38. The number of ether oxygens (including phenoxy) is 2. The summed E-state index contributed by atoms with van der Waals surface area (Å²) in [5, 5.41) is 0. The van der Waals surface area contributed by atoms with Crippen LogP contribution < -0.4 is 4.74 Å². The van der Waals surface area contributed by atoms with Gasteiger partial charge in [-0.2, -0.15) is 22.0 Å². The maximum absolute atomic E-state index is 13.2. The van der Waals surface area contributed by atoms with Crippen LogP contribution in [-0.2, 0) is 27.1 Å². The largest absolute Gasteiger partial charge is 0.616 e. The molecule has 2 bridgehead atoms. The van der Waals surface area contributed by atoms with E-state index in [0.717, 1.165) is 83.5 Å². The maximum atomic E-state index is 13.2. The fourth-order valence-electron chi connectivity index (χ4n) is 10.2. The number of nitrogens with zero attached hydrogens (tertiary/aromatic N) is 1. The summed E-state index contributed by atoms with van der Waals surface area (Å²) in [4.78, 5) is 28.2. The third-order valence-corrected chi connectivity index (χ3v) is 14.5. The summed E-state index contributed by atoms with van der Waals surface area (Å²) < 4.78 is 86.7. The van der Waals surface area contributed by atoms with Gasteiger partial charge in [-0.3, -0.25) is 9.69 Å². The van der Waals surface area contributed by atoms with Gasteiger partial charge in [-0.05, 0) is 111 Å². The van der Waals surface area contributed by atoms with Crippen LogP contribution in [0.2, 0.25) is 0 Å². The van der Waals surface area contributed by atoms with Gasteiger partial charge in [0.25, 0.3) is 0 Å². The van der Waals surface area contributed by atoms with Crippen molar-refractivity contribution in [3.8, 4) is 5.75 Å². The van der Waals surface area contributed by atoms with Gasteiger partial charge in [-0.1, -0.05) is 56.3 Å². The van der Waals surface area contributed by atoms with E-state index in [1.807, 2.05) is 11.0 Å². The van der Waals surface area contributed by atoms with E-state index in [0.29, 0.717) is 67.0 Å². The van der Waals surface area contributed by atoms with Gasteiger partial charge in [0.05, 0.1) is 25.3 Å². The maximum Gasteiger partial charge on any atom is 0.453 e. The lowest BCUT2D eigenvalue weighted by Crippen LogP contribution is -2.50. The average molecular weight is 744 g/mol. The third-order valence-electron chi connectivity index (χ3n) is 13.0. The number of carbonyl (C=O) groups excluding carboxylic acids is 2. The fraction of sp³-hybridized carbons (Fsp3) is 0.795. The molecule has 6 nitrogen and oxygen atoms in total. The number of amides is 1. The Balaban J connectivity index is 0.973. The molecule has 1 aromatic rings. The van der Waals surface area contributed by atoms with Crippen molar-refractivity contribution in [2.24, 2.45) is 23.2 Å². The molecular weight excluding hydrogens is 689 g/mol. The van der Waals surface area contributed by atoms with Crippen molar-refractivity contribution in [1.82, 2.24) is 4.90 Å². The Labute approximate surface area is 302 Å². The highest BCUT2D eigenvalue weighted by atomic mass is 32.2. The molecule has 2 aliphatic heterocycles. The van der Waals surface area contributed by atoms with Crippen LogP contribution in [-0.4, -0.2) is 70.2 Å². The van der Waals surface area contributed by atoms with Crippen LogP contribution in [0, 0.1) is 23.2 Å². The van der Waals surface area contributed by atoms with E-state index < -0.39 is 36.1 Å². The van der Waals surface area contributed by atoms with Crippen LogP contribution in [0.4, 0.5) is 26.7 Å². The van der Waals surface area contributed by atoms with Crippen LogP contribution in [0.3, 0.4) is 0 Å². The SMILES string of the molecule is C[C@]12CC[C@@H]3c4ccc(OC(=O)N5C6CCC5COC6)cc4C[C@@H](CCCCCCCCC[S+]([O-])CCCC(F)(F)C(F)(F)F)[C@H]3[C@@H]1CCC2=O. The molecule has 3 unspecified atom stereocenters. The molecule has 1 aromatic carbocycles. The first kappa shape index (κ1) is 38.8. The second kappa shape index (κ2) is 16.2. The number of hydrogen-bond acceptors (Lipinski definition) is 5. The summed E-state index contributed by atoms with van der Waals surface area (Å²) in [5.41, 5.74) is 2.42. The zero-order valence-corrected chi connectivity index (χ0v) is 30.6. The van der Waals surface area contributed by atoms with E-state index in [1.165, 1.54) is 11.1 Å². The second-order valence-electron chi connectivity index (χ2n) is 16.1. The van der Waals surface area contributed by atoms with Crippen molar-refractivity contribution >= 4 is 23.1 Å². The van der Waals surface area contributed by atoms with Crippen molar-refractivity contribution in [2.75, 3.05) is 24.7 Å². The molecule has 5 aliphatic rings. The molecule has 2 saturated carbocycles. The summed E-state index contributed by atoms with van der Waals surface area (Å²) in [6.45, 7) is 3.34. The number of carbonyl (C=O) groups is 2. The van der Waals surface area contributed by atoms with Gasteiger partial charge in [0.1, 0.15) is 23.0 Å². The smallest absolute Gasteiger partial charge is 0.453 e. The molecule has 3 aliphatic carbocycles. The highest BCUT2D eigenvalue weighted by Gasteiger charge is 2.57. The van der Waals surface area contributed by atoms with Crippen molar-refractivity contribution in [1.29, 1.82) is 0 Å². The van der Waals surface area contributed by atoms with Gasteiger partial charge < -0.3 is 14.0 Å². The van der Waals surface area contributed by atoms with E-state index in [-0.39, 0.29) is 29.3 Å². The number of unbranched alkanes of at least 4 members (excludes halogenated alkanes) is 6. The van der Waals surface area contributed by atoms with Gasteiger partial charge in [-0.25, -0.2) is 4.79 Å². The number of ketones is 1.